The SMILES string of the molecule is CCOC(=O)c1cc2c(F)ccc(CBr)c2s1. The Labute approximate surface area is 111 Å². The first-order chi connectivity index (χ1) is 8.17. The fourth-order valence-corrected chi connectivity index (χ4v) is 3.28. The van der Waals surface area contributed by atoms with Gasteiger partial charge < -0.3 is 4.74 Å². The maximum atomic E-state index is 13.6. The van der Waals surface area contributed by atoms with E-state index in [1.165, 1.54) is 17.4 Å². The Morgan fingerprint density at radius 2 is 2.29 bits per heavy atom. The van der Waals surface area contributed by atoms with Crippen LogP contribution >= 0.6 is 27.3 Å². The second kappa shape index (κ2) is 5.14. The van der Waals surface area contributed by atoms with Crippen LogP contribution < -0.4 is 0 Å². The Morgan fingerprint density at radius 3 is 2.94 bits per heavy atom. The van der Waals surface area contributed by atoms with E-state index in [-0.39, 0.29) is 5.82 Å². The van der Waals surface area contributed by atoms with Crippen molar-refractivity contribution in [2.24, 2.45) is 0 Å². The molecule has 1 heterocycles. The smallest absolute Gasteiger partial charge is 0.348 e. The molecule has 2 nitrogen and oxygen atoms in total. The van der Waals surface area contributed by atoms with Crippen LogP contribution in [0.15, 0.2) is 18.2 Å². The topological polar surface area (TPSA) is 26.3 Å². The molecule has 0 aliphatic rings. The van der Waals surface area contributed by atoms with Gasteiger partial charge in [0.2, 0.25) is 0 Å². The molecule has 0 aliphatic heterocycles. The molecule has 5 heteroatoms. The molecular formula is C12H10BrFO2S. The Bertz CT molecular complexity index is 565. The molecule has 0 amide bonds. The number of alkyl halides is 1. The fourth-order valence-electron chi connectivity index (χ4n) is 1.55. The van der Waals surface area contributed by atoms with Crippen LogP contribution in [0.3, 0.4) is 0 Å². The van der Waals surface area contributed by atoms with E-state index in [0.717, 1.165) is 10.3 Å². The van der Waals surface area contributed by atoms with Crippen LogP contribution in [0.25, 0.3) is 10.1 Å². The average Bonchev–Trinajstić information content (AvgIpc) is 2.76. The van der Waals surface area contributed by atoms with Crippen molar-refractivity contribution in [1.29, 1.82) is 0 Å². The summed E-state index contributed by atoms with van der Waals surface area (Å²) in [5, 5.41) is 1.11. The van der Waals surface area contributed by atoms with E-state index >= 15 is 0 Å². The number of esters is 1. The highest BCUT2D eigenvalue weighted by atomic mass is 79.9. The van der Waals surface area contributed by atoms with Crippen LogP contribution in [-0.4, -0.2) is 12.6 Å². The Morgan fingerprint density at radius 1 is 1.53 bits per heavy atom. The van der Waals surface area contributed by atoms with E-state index in [2.05, 4.69) is 15.9 Å². The van der Waals surface area contributed by atoms with E-state index in [1.807, 2.05) is 0 Å². The zero-order valence-corrected chi connectivity index (χ0v) is 11.5. The second-order valence-electron chi connectivity index (χ2n) is 3.41. The lowest BCUT2D eigenvalue weighted by atomic mass is 10.2. The van der Waals surface area contributed by atoms with Crippen molar-refractivity contribution in [1.82, 2.24) is 0 Å². The number of carbonyl (C=O) groups excluding carboxylic acids is 1. The van der Waals surface area contributed by atoms with Crippen molar-refractivity contribution in [3.8, 4) is 0 Å². The lowest BCUT2D eigenvalue weighted by Crippen LogP contribution is -2.01. The molecule has 0 saturated carbocycles. The van der Waals surface area contributed by atoms with Gasteiger partial charge in [0, 0.05) is 15.4 Å². The summed E-state index contributed by atoms with van der Waals surface area (Å²) in [6.45, 7) is 2.07. The monoisotopic (exact) mass is 316 g/mol. The molecular weight excluding hydrogens is 307 g/mol. The van der Waals surface area contributed by atoms with Crippen molar-refractivity contribution >= 4 is 43.3 Å². The molecule has 1 aromatic heterocycles. The van der Waals surface area contributed by atoms with Crippen molar-refractivity contribution in [2.75, 3.05) is 6.61 Å². The molecule has 2 rings (SSSR count). The second-order valence-corrected chi connectivity index (χ2v) is 5.03. The van der Waals surface area contributed by atoms with E-state index in [1.54, 1.807) is 19.1 Å². The minimum atomic E-state index is -0.395. The molecule has 0 unspecified atom stereocenters. The van der Waals surface area contributed by atoms with Gasteiger partial charge in [-0.15, -0.1) is 11.3 Å². The average molecular weight is 317 g/mol. The van der Waals surface area contributed by atoms with Crippen molar-refractivity contribution in [3.05, 3.63) is 34.5 Å². The van der Waals surface area contributed by atoms with Crippen molar-refractivity contribution in [2.45, 2.75) is 12.3 Å². The van der Waals surface area contributed by atoms with Crippen LogP contribution in [0, 0.1) is 5.82 Å². The largest absolute Gasteiger partial charge is 0.462 e. The first-order valence-corrected chi connectivity index (χ1v) is 7.05. The first kappa shape index (κ1) is 12.5. The third-order valence-electron chi connectivity index (χ3n) is 2.33. The molecule has 0 fully saturated rings. The number of thiophene rings is 1. The van der Waals surface area contributed by atoms with Gasteiger partial charge in [-0.2, -0.15) is 0 Å². The van der Waals surface area contributed by atoms with E-state index < -0.39 is 5.97 Å². The molecule has 0 atom stereocenters. The van der Waals surface area contributed by atoms with Gasteiger partial charge in [0.15, 0.2) is 0 Å². The normalized spacial score (nSPS) is 10.8. The van der Waals surface area contributed by atoms with Crippen molar-refractivity contribution in [3.63, 3.8) is 0 Å². The fraction of sp³-hybridized carbons (Fsp3) is 0.250. The Balaban J connectivity index is 2.56. The number of fused-ring (bicyclic) bond motifs is 1. The number of carbonyl (C=O) groups is 1. The molecule has 0 bridgehead atoms. The maximum Gasteiger partial charge on any atom is 0.348 e. The number of benzene rings is 1. The molecule has 17 heavy (non-hydrogen) atoms. The summed E-state index contributed by atoms with van der Waals surface area (Å²) >= 11 is 4.61. The predicted molar refractivity (Wildman–Crippen MR) is 70.4 cm³/mol. The van der Waals surface area contributed by atoms with Gasteiger partial charge in [-0.05, 0) is 24.6 Å². The van der Waals surface area contributed by atoms with Gasteiger partial charge in [-0.25, -0.2) is 9.18 Å². The maximum absolute atomic E-state index is 13.6. The molecule has 0 N–H and O–H groups in total. The number of rotatable bonds is 3. The molecule has 1 aromatic carbocycles. The van der Waals surface area contributed by atoms with Gasteiger partial charge in [-0.1, -0.05) is 22.0 Å². The first-order valence-electron chi connectivity index (χ1n) is 5.11. The zero-order chi connectivity index (χ0) is 12.4. The zero-order valence-electron chi connectivity index (χ0n) is 9.13. The Hall–Kier alpha value is -0.940. The van der Waals surface area contributed by atoms with E-state index in [0.29, 0.717) is 22.2 Å². The highest BCUT2D eigenvalue weighted by Crippen LogP contribution is 2.32. The third kappa shape index (κ3) is 2.35. The third-order valence-corrected chi connectivity index (χ3v) is 4.13. The number of hydrogen-bond acceptors (Lipinski definition) is 3. The van der Waals surface area contributed by atoms with Crippen LogP contribution in [0.4, 0.5) is 4.39 Å². The molecule has 90 valence electrons. The summed E-state index contributed by atoms with van der Waals surface area (Å²) in [7, 11) is 0. The summed E-state index contributed by atoms with van der Waals surface area (Å²) in [4.78, 5) is 12.0. The number of halogens is 2. The van der Waals surface area contributed by atoms with Crippen molar-refractivity contribution < 1.29 is 13.9 Å². The minimum Gasteiger partial charge on any atom is -0.462 e. The van der Waals surface area contributed by atoms with Crippen LogP contribution in [-0.2, 0) is 10.1 Å². The summed E-state index contributed by atoms with van der Waals surface area (Å²) in [5.74, 6) is -0.704. The number of ether oxygens (including phenoxy) is 1. The van der Waals surface area contributed by atoms with Gasteiger partial charge in [0.1, 0.15) is 10.7 Å². The molecule has 2 aromatic rings. The quantitative estimate of drug-likeness (QED) is 0.629. The predicted octanol–water partition coefficient (Wildman–Crippen LogP) is 4.11. The minimum absolute atomic E-state index is 0.309. The summed E-state index contributed by atoms with van der Waals surface area (Å²) in [6.07, 6.45) is 0. The van der Waals surface area contributed by atoms with Gasteiger partial charge in [-0.3, -0.25) is 0 Å². The molecule has 0 radical (unpaired) electrons. The van der Waals surface area contributed by atoms with Gasteiger partial charge >= 0.3 is 5.97 Å². The van der Waals surface area contributed by atoms with Gasteiger partial charge in [0.05, 0.1) is 6.61 Å². The summed E-state index contributed by atoms with van der Waals surface area (Å²) < 4.78 is 19.3. The molecule has 0 spiro atoms. The highest BCUT2D eigenvalue weighted by Gasteiger charge is 2.15. The lowest BCUT2D eigenvalue weighted by Gasteiger charge is -1.98. The lowest BCUT2D eigenvalue weighted by molar-refractivity contribution is 0.0532. The molecule has 0 saturated heterocycles. The Kier molecular flexibility index (Phi) is 3.79. The van der Waals surface area contributed by atoms with E-state index in [9.17, 15) is 9.18 Å². The van der Waals surface area contributed by atoms with Crippen LogP contribution in [0.2, 0.25) is 0 Å². The summed E-state index contributed by atoms with van der Waals surface area (Å²) in [6, 6.07) is 4.69. The highest BCUT2D eigenvalue weighted by molar-refractivity contribution is 9.08. The van der Waals surface area contributed by atoms with Crippen LogP contribution in [0.5, 0.6) is 0 Å². The van der Waals surface area contributed by atoms with Gasteiger partial charge in [0.25, 0.3) is 0 Å². The number of hydrogen-bond donors (Lipinski definition) is 0. The molecule has 0 aliphatic carbocycles. The summed E-state index contributed by atoms with van der Waals surface area (Å²) in [5.41, 5.74) is 0.974. The van der Waals surface area contributed by atoms with E-state index in [4.69, 9.17) is 4.74 Å². The standard InChI is InChI=1S/C12H10BrFO2S/c1-2-16-12(15)10-5-8-9(14)4-3-7(6-13)11(8)17-10/h3-5H,2,6H2,1H3. The van der Waals surface area contributed by atoms with Crippen LogP contribution in [0.1, 0.15) is 22.2 Å².